The van der Waals surface area contributed by atoms with Gasteiger partial charge in [-0.05, 0) is 155 Å². The van der Waals surface area contributed by atoms with E-state index < -0.39 is 12.1 Å². The molecule has 1 saturated heterocycles. The van der Waals surface area contributed by atoms with E-state index in [2.05, 4.69) is 48.1 Å². The van der Waals surface area contributed by atoms with Crippen molar-refractivity contribution < 1.29 is 47.7 Å². The van der Waals surface area contributed by atoms with Crippen LogP contribution in [0.5, 0.6) is 0 Å². The van der Waals surface area contributed by atoms with Gasteiger partial charge in [0, 0.05) is 25.7 Å². The highest BCUT2D eigenvalue weighted by molar-refractivity contribution is 5.96. The minimum absolute atomic E-state index is 0.110. The highest BCUT2D eigenvalue weighted by Crippen LogP contribution is 2.14. The Morgan fingerprint density at radius 3 is 0.829 bits per heavy atom. The van der Waals surface area contributed by atoms with Crippen LogP contribution in [0, 0.1) is 0 Å². The van der Waals surface area contributed by atoms with Crippen molar-refractivity contribution in [3.05, 3.63) is 0 Å². The predicted octanol–water partition coefficient (Wildman–Crippen LogP) is 11.1. The topological polar surface area (TPSA) is 170 Å². The predicted molar refractivity (Wildman–Crippen MR) is 280 cm³/mol. The van der Waals surface area contributed by atoms with Gasteiger partial charge < -0.3 is 39.4 Å². The van der Waals surface area contributed by atoms with Gasteiger partial charge in [-0.25, -0.2) is 0 Å². The Morgan fingerprint density at radius 1 is 0.343 bits per heavy atom. The van der Waals surface area contributed by atoms with Crippen LogP contribution in [0.1, 0.15) is 246 Å². The first-order chi connectivity index (χ1) is 34.1. The van der Waals surface area contributed by atoms with Crippen molar-refractivity contribution in [3.63, 3.8) is 0 Å². The largest absolute Gasteiger partial charge is 0.466 e. The number of esters is 4. The van der Waals surface area contributed by atoms with Crippen LogP contribution >= 0.6 is 0 Å². The van der Waals surface area contributed by atoms with Gasteiger partial charge in [-0.3, -0.25) is 28.8 Å². The zero-order valence-electron chi connectivity index (χ0n) is 45.2. The fraction of sp³-hybridized carbons (Fsp3) is 0.893. The number of nitrogens with zero attached hydrogens (tertiary/aromatic N) is 2. The Hall–Kier alpha value is -3.26. The molecule has 0 aromatic heterocycles. The zero-order chi connectivity index (χ0) is 51.1. The molecule has 0 aromatic rings. The molecule has 408 valence electrons. The number of unbranched alkanes of at least 4 members (excludes halogenated alkanes) is 18. The van der Waals surface area contributed by atoms with Crippen LogP contribution in [0.15, 0.2) is 0 Å². The van der Waals surface area contributed by atoms with Gasteiger partial charge in [-0.1, -0.05) is 105 Å². The lowest BCUT2D eigenvalue weighted by Crippen LogP contribution is -2.61. The highest BCUT2D eigenvalue weighted by atomic mass is 16.5. The van der Waals surface area contributed by atoms with Crippen molar-refractivity contribution >= 4 is 35.7 Å². The summed E-state index contributed by atoms with van der Waals surface area (Å²) in [4.78, 5) is 79.7. The summed E-state index contributed by atoms with van der Waals surface area (Å²) in [5.41, 5.74) is 0. The van der Waals surface area contributed by atoms with E-state index in [1.807, 2.05) is 0 Å². The van der Waals surface area contributed by atoms with E-state index in [0.29, 0.717) is 65.0 Å². The number of rotatable bonds is 50. The summed E-state index contributed by atoms with van der Waals surface area (Å²) < 4.78 is 21.9. The van der Waals surface area contributed by atoms with Gasteiger partial charge in [0.1, 0.15) is 12.1 Å². The van der Waals surface area contributed by atoms with Crippen LogP contribution in [-0.4, -0.2) is 123 Å². The van der Waals surface area contributed by atoms with E-state index in [1.54, 1.807) is 0 Å². The normalized spacial score (nSPS) is 14.7. The summed E-state index contributed by atoms with van der Waals surface area (Å²) in [6.07, 6.45) is 30.2. The van der Waals surface area contributed by atoms with E-state index >= 15 is 0 Å². The number of piperazine rings is 1. The average Bonchev–Trinajstić information content (AvgIpc) is 3.34. The molecule has 1 aliphatic rings. The lowest BCUT2D eigenvalue weighted by molar-refractivity contribution is -0.144. The SMILES string of the molecule is CCCCCCC(=O)OCCCCN(CCCCOC(=O)CCCCCC)CCCCC1NC(=O)C(CCCCN(CCCCOC(=O)CCCCCC)CCCCOC(=O)CCCCCC)NC1=O. The number of carbonyl (C=O) groups excluding carboxylic acids is 6. The van der Waals surface area contributed by atoms with Crippen molar-refractivity contribution in [2.75, 3.05) is 65.7 Å². The standard InChI is InChI=1S/C56H104N4O10/c1-5-9-13-17-35-51(61)67-45-29-25-41-59(42-26-30-46-68-52(62)36-18-14-10-6-2)39-23-21-33-49-55(65)58-50(56(66)57-49)34-22-24-40-60(43-27-31-47-69-53(63)37-19-15-11-7-3)44-28-32-48-70-54(64)38-20-16-12-8-4/h49-50H,5-48H2,1-4H3,(H,57,66)(H,58,65). The molecule has 2 N–H and O–H groups in total. The number of nitrogens with one attached hydrogen (secondary N) is 2. The molecule has 1 aliphatic heterocycles. The second-order valence-corrected chi connectivity index (χ2v) is 19.8. The minimum Gasteiger partial charge on any atom is -0.466 e. The minimum atomic E-state index is -0.540. The van der Waals surface area contributed by atoms with Crippen LogP contribution < -0.4 is 10.6 Å². The second kappa shape index (κ2) is 46.8. The molecule has 2 atom stereocenters. The van der Waals surface area contributed by atoms with Gasteiger partial charge in [0.25, 0.3) is 0 Å². The molecule has 0 aromatic carbocycles. The molecule has 1 fully saturated rings. The first-order valence-corrected chi connectivity index (χ1v) is 28.8. The molecule has 1 heterocycles. The monoisotopic (exact) mass is 993 g/mol. The van der Waals surface area contributed by atoms with Crippen molar-refractivity contribution in [3.8, 4) is 0 Å². The molecule has 1 rings (SSSR count). The van der Waals surface area contributed by atoms with E-state index in [9.17, 15) is 28.8 Å². The third-order valence-corrected chi connectivity index (χ3v) is 13.2. The van der Waals surface area contributed by atoms with Crippen LogP contribution in [0.2, 0.25) is 0 Å². The summed E-state index contributed by atoms with van der Waals surface area (Å²) in [5.74, 6) is -0.679. The van der Waals surface area contributed by atoms with Crippen molar-refractivity contribution in [2.45, 2.75) is 258 Å². The van der Waals surface area contributed by atoms with Crippen LogP contribution in [0.4, 0.5) is 0 Å². The Labute approximate surface area is 426 Å². The first-order valence-electron chi connectivity index (χ1n) is 28.8. The maximum Gasteiger partial charge on any atom is 0.305 e. The summed E-state index contributed by atoms with van der Waals surface area (Å²) >= 11 is 0. The van der Waals surface area contributed by atoms with Gasteiger partial charge in [-0.2, -0.15) is 0 Å². The van der Waals surface area contributed by atoms with E-state index in [0.717, 1.165) is 219 Å². The molecule has 0 bridgehead atoms. The number of carbonyl (C=O) groups is 6. The number of amides is 2. The lowest BCUT2D eigenvalue weighted by atomic mass is 10.0. The van der Waals surface area contributed by atoms with Gasteiger partial charge in [-0.15, -0.1) is 0 Å². The van der Waals surface area contributed by atoms with Crippen molar-refractivity contribution in [2.24, 2.45) is 0 Å². The van der Waals surface area contributed by atoms with Gasteiger partial charge in [0.05, 0.1) is 26.4 Å². The Bertz CT molecular complexity index is 1170. The van der Waals surface area contributed by atoms with Gasteiger partial charge >= 0.3 is 23.9 Å². The molecular weight excluding hydrogens is 889 g/mol. The molecule has 70 heavy (non-hydrogen) atoms. The van der Waals surface area contributed by atoms with Crippen LogP contribution in [0.3, 0.4) is 0 Å². The van der Waals surface area contributed by atoms with E-state index in [-0.39, 0.29) is 35.7 Å². The van der Waals surface area contributed by atoms with Crippen molar-refractivity contribution in [1.29, 1.82) is 0 Å². The Kier molecular flexibility index (Phi) is 43.3. The van der Waals surface area contributed by atoms with Crippen LogP contribution in [-0.2, 0) is 47.7 Å². The summed E-state index contributed by atoms with van der Waals surface area (Å²) in [5, 5.41) is 6.01. The molecule has 14 heteroatoms. The number of hydrogen-bond acceptors (Lipinski definition) is 12. The molecule has 14 nitrogen and oxygen atoms in total. The third kappa shape index (κ3) is 38.4. The van der Waals surface area contributed by atoms with Gasteiger partial charge in [0.2, 0.25) is 11.8 Å². The second-order valence-electron chi connectivity index (χ2n) is 19.8. The molecule has 2 unspecified atom stereocenters. The summed E-state index contributed by atoms with van der Waals surface area (Å²) in [7, 11) is 0. The molecule has 2 amide bonds. The molecular formula is C56H104N4O10. The maximum atomic E-state index is 13.2. The summed E-state index contributed by atoms with van der Waals surface area (Å²) in [6, 6.07) is -1.08. The summed E-state index contributed by atoms with van der Waals surface area (Å²) in [6.45, 7) is 15.6. The molecule has 0 saturated carbocycles. The molecule has 0 radical (unpaired) electrons. The van der Waals surface area contributed by atoms with Gasteiger partial charge in [0.15, 0.2) is 0 Å². The Balaban J connectivity index is 2.54. The third-order valence-electron chi connectivity index (χ3n) is 13.2. The average molecular weight is 993 g/mol. The first kappa shape index (κ1) is 64.8. The highest BCUT2D eigenvalue weighted by Gasteiger charge is 2.32. The quantitative estimate of drug-likeness (QED) is 0.0336. The smallest absolute Gasteiger partial charge is 0.305 e. The maximum absolute atomic E-state index is 13.2. The Morgan fingerprint density at radius 2 is 0.586 bits per heavy atom. The lowest BCUT2D eigenvalue weighted by Gasteiger charge is -2.30. The number of hydrogen-bond donors (Lipinski definition) is 2. The molecule has 0 spiro atoms. The van der Waals surface area contributed by atoms with E-state index in [4.69, 9.17) is 18.9 Å². The fourth-order valence-electron chi connectivity index (χ4n) is 8.69. The number of ether oxygens (including phenoxy) is 4. The van der Waals surface area contributed by atoms with Crippen molar-refractivity contribution in [1.82, 2.24) is 20.4 Å². The fourth-order valence-corrected chi connectivity index (χ4v) is 8.69. The molecule has 0 aliphatic carbocycles. The van der Waals surface area contributed by atoms with Crippen LogP contribution in [0.25, 0.3) is 0 Å². The van der Waals surface area contributed by atoms with E-state index in [1.165, 1.54) is 0 Å². The zero-order valence-corrected chi connectivity index (χ0v) is 45.2.